The maximum absolute atomic E-state index is 11.0. The molecule has 0 aliphatic rings. The van der Waals surface area contributed by atoms with Crippen LogP contribution in [-0.4, -0.2) is 22.2 Å². The summed E-state index contributed by atoms with van der Waals surface area (Å²) in [5.74, 6) is -0.595. The van der Waals surface area contributed by atoms with E-state index in [1.165, 1.54) is 19.1 Å². The highest BCUT2D eigenvalue weighted by Gasteiger charge is 2.14. The predicted molar refractivity (Wildman–Crippen MR) is 72.8 cm³/mol. The number of carbonyl (C=O) groups excluding carboxylic acids is 1. The summed E-state index contributed by atoms with van der Waals surface area (Å²) < 4.78 is 0. The number of nitro benzene ring substituents is 1. The number of ketones is 1. The van der Waals surface area contributed by atoms with Crippen LogP contribution >= 0.6 is 0 Å². The lowest BCUT2D eigenvalue weighted by atomic mass is 10.0. The summed E-state index contributed by atoms with van der Waals surface area (Å²) in [5, 5.41) is 21.0. The van der Waals surface area contributed by atoms with E-state index in [1.807, 2.05) is 0 Å². The first-order valence-electron chi connectivity index (χ1n) is 5.92. The SMILES string of the molecule is CC(=O)C[C@@H](/C=C/c1ccc([N+](=O)[O-])cc1)C[N+](=O)[O-]. The topological polar surface area (TPSA) is 103 Å². The zero-order valence-electron chi connectivity index (χ0n) is 10.9. The van der Waals surface area contributed by atoms with Gasteiger partial charge < -0.3 is 4.79 Å². The first-order valence-corrected chi connectivity index (χ1v) is 5.92. The van der Waals surface area contributed by atoms with Crippen LogP contribution in [0.15, 0.2) is 30.3 Å². The first kappa shape index (κ1) is 15.5. The molecule has 0 amide bonds. The minimum absolute atomic E-state index is 0.0206. The zero-order valence-corrected chi connectivity index (χ0v) is 10.9. The number of hydrogen-bond acceptors (Lipinski definition) is 5. The monoisotopic (exact) mass is 278 g/mol. The summed E-state index contributed by atoms with van der Waals surface area (Å²) in [5.41, 5.74) is 0.667. The average molecular weight is 278 g/mol. The molecule has 0 aliphatic heterocycles. The Morgan fingerprint density at radius 1 is 1.25 bits per heavy atom. The molecule has 0 aromatic heterocycles. The van der Waals surface area contributed by atoms with Crippen LogP contribution in [0.2, 0.25) is 0 Å². The van der Waals surface area contributed by atoms with Crippen LogP contribution in [0.1, 0.15) is 18.9 Å². The van der Waals surface area contributed by atoms with Crippen molar-refractivity contribution >= 4 is 17.5 Å². The van der Waals surface area contributed by atoms with Crippen molar-refractivity contribution in [1.82, 2.24) is 0 Å². The molecule has 7 nitrogen and oxygen atoms in total. The van der Waals surface area contributed by atoms with Gasteiger partial charge in [0, 0.05) is 29.4 Å². The highest BCUT2D eigenvalue weighted by Crippen LogP contribution is 2.15. The fourth-order valence-electron chi connectivity index (χ4n) is 1.71. The van der Waals surface area contributed by atoms with Gasteiger partial charge in [-0.15, -0.1) is 0 Å². The second-order valence-electron chi connectivity index (χ2n) is 4.39. The quantitative estimate of drug-likeness (QED) is 0.563. The van der Waals surface area contributed by atoms with Crippen molar-refractivity contribution in [2.45, 2.75) is 13.3 Å². The molecule has 0 spiro atoms. The molecule has 0 heterocycles. The highest BCUT2D eigenvalue weighted by molar-refractivity contribution is 5.76. The van der Waals surface area contributed by atoms with Gasteiger partial charge in [-0.1, -0.05) is 12.2 Å². The van der Waals surface area contributed by atoms with E-state index in [-0.39, 0.29) is 24.4 Å². The summed E-state index contributed by atoms with van der Waals surface area (Å²) in [6.07, 6.45) is 3.32. The van der Waals surface area contributed by atoms with Gasteiger partial charge in [0.05, 0.1) is 4.92 Å². The van der Waals surface area contributed by atoms with Gasteiger partial charge in [-0.05, 0) is 24.6 Å². The fraction of sp³-hybridized carbons (Fsp3) is 0.308. The molecule has 1 atom stereocenters. The summed E-state index contributed by atoms with van der Waals surface area (Å²) in [4.78, 5) is 31.1. The van der Waals surface area contributed by atoms with Crippen LogP contribution in [0.25, 0.3) is 6.08 Å². The van der Waals surface area contributed by atoms with Crippen LogP contribution in [0, 0.1) is 26.1 Å². The van der Waals surface area contributed by atoms with E-state index in [9.17, 15) is 25.0 Å². The molecule has 7 heteroatoms. The molecule has 1 aromatic carbocycles. The molecular formula is C13H14N2O5. The van der Waals surface area contributed by atoms with Crippen molar-refractivity contribution < 1.29 is 14.6 Å². The Labute approximate surface area is 115 Å². The van der Waals surface area contributed by atoms with E-state index in [2.05, 4.69) is 0 Å². The largest absolute Gasteiger partial charge is 0.300 e. The first-order chi connectivity index (χ1) is 9.38. The van der Waals surface area contributed by atoms with Crippen molar-refractivity contribution in [2.24, 2.45) is 5.92 Å². The summed E-state index contributed by atoms with van der Waals surface area (Å²) in [6.45, 7) is 1.07. The molecule has 0 fully saturated rings. The van der Waals surface area contributed by atoms with Crippen molar-refractivity contribution in [3.63, 3.8) is 0 Å². The molecule has 0 radical (unpaired) electrons. The molecule has 0 saturated carbocycles. The van der Waals surface area contributed by atoms with Gasteiger partial charge in [0.15, 0.2) is 0 Å². The average Bonchev–Trinajstić information content (AvgIpc) is 2.35. The van der Waals surface area contributed by atoms with Crippen LogP contribution in [0.3, 0.4) is 0 Å². The van der Waals surface area contributed by atoms with Gasteiger partial charge in [-0.3, -0.25) is 20.2 Å². The lowest BCUT2D eigenvalue weighted by Gasteiger charge is -2.05. The third-order valence-corrected chi connectivity index (χ3v) is 2.60. The van der Waals surface area contributed by atoms with Crippen LogP contribution in [0.5, 0.6) is 0 Å². The van der Waals surface area contributed by atoms with Gasteiger partial charge in [0.1, 0.15) is 5.78 Å². The minimum Gasteiger partial charge on any atom is -0.300 e. The Morgan fingerprint density at radius 2 is 1.85 bits per heavy atom. The maximum atomic E-state index is 11.0. The Hall–Kier alpha value is -2.57. The molecule has 0 unspecified atom stereocenters. The molecule has 0 N–H and O–H groups in total. The number of hydrogen-bond donors (Lipinski definition) is 0. The summed E-state index contributed by atoms with van der Waals surface area (Å²) >= 11 is 0. The van der Waals surface area contributed by atoms with E-state index in [1.54, 1.807) is 24.3 Å². The molecule has 106 valence electrons. The molecule has 0 aliphatic carbocycles. The lowest BCUT2D eigenvalue weighted by Crippen LogP contribution is -2.14. The predicted octanol–water partition coefficient (Wildman–Crippen LogP) is 2.48. The zero-order chi connectivity index (χ0) is 15.1. The maximum Gasteiger partial charge on any atom is 0.269 e. The number of carbonyl (C=O) groups is 1. The van der Waals surface area contributed by atoms with Crippen LogP contribution < -0.4 is 0 Å². The van der Waals surface area contributed by atoms with Crippen molar-refractivity contribution in [3.05, 3.63) is 56.1 Å². The Morgan fingerprint density at radius 3 is 2.30 bits per heavy atom. The van der Waals surface area contributed by atoms with Crippen molar-refractivity contribution in [1.29, 1.82) is 0 Å². The third-order valence-electron chi connectivity index (χ3n) is 2.60. The van der Waals surface area contributed by atoms with E-state index in [0.29, 0.717) is 5.56 Å². The smallest absolute Gasteiger partial charge is 0.269 e. The molecule has 1 rings (SSSR count). The summed E-state index contributed by atoms with van der Waals surface area (Å²) in [7, 11) is 0. The van der Waals surface area contributed by atoms with E-state index in [0.717, 1.165) is 0 Å². The van der Waals surface area contributed by atoms with Gasteiger partial charge in [-0.2, -0.15) is 0 Å². The molecular weight excluding hydrogens is 264 g/mol. The van der Waals surface area contributed by atoms with E-state index >= 15 is 0 Å². The van der Waals surface area contributed by atoms with E-state index in [4.69, 9.17) is 0 Å². The Bertz CT molecular complexity index is 520. The number of benzene rings is 1. The lowest BCUT2D eigenvalue weighted by molar-refractivity contribution is -0.485. The number of nitro groups is 2. The van der Waals surface area contributed by atoms with Crippen molar-refractivity contribution in [3.8, 4) is 0 Å². The molecule has 20 heavy (non-hydrogen) atoms. The standard InChI is InChI=1S/C13H14N2O5/c1-10(16)8-12(9-14(17)18)3-2-11-4-6-13(7-5-11)15(19)20/h2-7,12H,8-9H2,1H3/b3-2+/t12-/m1/s1. The normalized spacial score (nSPS) is 12.2. The van der Waals surface area contributed by atoms with Crippen LogP contribution in [0.4, 0.5) is 5.69 Å². The number of Topliss-reactive ketones (excluding diaryl/α,β-unsaturated/α-hetero) is 1. The second kappa shape index (κ2) is 7.13. The van der Waals surface area contributed by atoms with Crippen molar-refractivity contribution in [2.75, 3.05) is 6.54 Å². The Balaban J connectivity index is 2.78. The minimum atomic E-state index is -0.501. The van der Waals surface area contributed by atoms with Gasteiger partial charge in [0.25, 0.3) is 5.69 Å². The van der Waals surface area contributed by atoms with E-state index < -0.39 is 15.8 Å². The third kappa shape index (κ3) is 5.38. The second-order valence-corrected chi connectivity index (χ2v) is 4.39. The highest BCUT2D eigenvalue weighted by atomic mass is 16.6. The molecule has 1 aromatic rings. The molecule has 0 saturated heterocycles. The van der Waals surface area contributed by atoms with Gasteiger partial charge in [0.2, 0.25) is 6.54 Å². The fourth-order valence-corrected chi connectivity index (χ4v) is 1.71. The van der Waals surface area contributed by atoms with Gasteiger partial charge >= 0.3 is 0 Å². The summed E-state index contributed by atoms with van der Waals surface area (Å²) in [6, 6.07) is 5.80. The van der Waals surface area contributed by atoms with Gasteiger partial charge in [-0.25, -0.2) is 0 Å². The number of non-ortho nitro benzene ring substituents is 1. The van der Waals surface area contributed by atoms with Crippen LogP contribution in [-0.2, 0) is 4.79 Å². The Kier molecular flexibility index (Phi) is 5.52. The number of rotatable bonds is 7. The molecule has 0 bridgehead atoms. The number of nitrogens with zero attached hydrogens (tertiary/aromatic N) is 2.